The lowest BCUT2D eigenvalue weighted by molar-refractivity contribution is -0.145. The molecule has 33 heavy (non-hydrogen) atoms. The highest BCUT2D eigenvalue weighted by Crippen LogP contribution is 2.19. The molecule has 0 aliphatic carbocycles. The Morgan fingerprint density at radius 2 is 1.64 bits per heavy atom. The minimum Gasteiger partial charge on any atom is -0.464 e. The van der Waals surface area contributed by atoms with Crippen molar-refractivity contribution < 1.29 is 23.5 Å². The molecule has 0 aliphatic heterocycles. The van der Waals surface area contributed by atoms with E-state index in [0.29, 0.717) is 11.3 Å². The van der Waals surface area contributed by atoms with E-state index in [1.54, 1.807) is 32.0 Å². The quantitative estimate of drug-likeness (QED) is 0.504. The van der Waals surface area contributed by atoms with Crippen molar-refractivity contribution >= 4 is 23.5 Å². The van der Waals surface area contributed by atoms with Crippen LogP contribution in [0.3, 0.4) is 0 Å². The summed E-state index contributed by atoms with van der Waals surface area (Å²) in [6, 6.07) is 18.8. The predicted octanol–water partition coefficient (Wildman–Crippen LogP) is 4.29. The fraction of sp³-hybridized carbons (Fsp3) is 0.192. The summed E-state index contributed by atoms with van der Waals surface area (Å²) < 4.78 is 19.1. The van der Waals surface area contributed by atoms with Crippen LogP contribution < -0.4 is 10.6 Å². The van der Waals surface area contributed by atoms with Crippen molar-refractivity contribution in [2.45, 2.75) is 26.3 Å². The Morgan fingerprint density at radius 1 is 0.939 bits per heavy atom. The Bertz CT molecular complexity index is 1150. The number of carbonyl (C=O) groups excluding carboxylic acids is 3. The molecule has 3 rings (SSSR count). The fourth-order valence-corrected chi connectivity index (χ4v) is 3.26. The molecule has 0 saturated heterocycles. The second-order valence-corrected chi connectivity index (χ2v) is 7.43. The van der Waals surface area contributed by atoms with Gasteiger partial charge in [-0.05, 0) is 49.2 Å². The highest BCUT2D eigenvalue weighted by atomic mass is 19.1. The number of nitrogens with one attached hydrogen (secondary N) is 2. The standard InChI is InChI=1S/C26H25FN2O4/c1-3-33-26(32)23(15-18-9-5-4-6-10-18)29-24(30)19-14-13-17(2)22(16-19)28-25(31)20-11-7-8-12-21(20)27/h4-14,16,23H,3,15H2,1-2H3,(H,28,31)(H,29,30). The molecule has 0 aliphatic rings. The Labute approximate surface area is 191 Å². The largest absolute Gasteiger partial charge is 0.464 e. The van der Waals surface area contributed by atoms with Crippen LogP contribution in [0.2, 0.25) is 0 Å². The zero-order valence-electron chi connectivity index (χ0n) is 18.4. The van der Waals surface area contributed by atoms with Crippen molar-refractivity contribution in [2.75, 3.05) is 11.9 Å². The number of rotatable bonds is 8. The molecule has 3 aromatic rings. The molecule has 1 atom stereocenters. The molecule has 0 radical (unpaired) electrons. The molecule has 0 bridgehead atoms. The summed E-state index contributed by atoms with van der Waals surface area (Å²) in [5.41, 5.74) is 2.08. The lowest BCUT2D eigenvalue weighted by Gasteiger charge is -2.18. The minimum atomic E-state index is -0.877. The van der Waals surface area contributed by atoms with Crippen LogP contribution in [-0.2, 0) is 16.0 Å². The number of aryl methyl sites for hydroxylation is 1. The van der Waals surface area contributed by atoms with Gasteiger partial charge in [-0.2, -0.15) is 0 Å². The normalized spacial score (nSPS) is 11.4. The molecule has 3 aromatic carbocycles. The second-order valence-electron chi connectivity index (χ2n) is 7.43. The molecular formula is C26H25FN2O4. The maximum atomic E-state index is 13.9. The van der Waals surface area contributed by atoms with Gasteiger partial charge in [0, 0.05) is 17.7 Å². The van der Waals surface area contributed by atoms with Gasteiger partial charge in [-0.1, -0.05) is 48.5 Å². The molecule has 2 N–H and O–H groups in total. The number of ether oxygens (including phenoxy) is 1. The highest BCUT2D eigenvalue weighted by molar-refractivity contribution is 6.06. The highest BCUT2D eigenvalue weighted by Gasteiger charge is 2.23. The zero-order chi connectivity index (χ0) is 23.8. The molecular weight excluding hydrogens is 423 g/mol. The number of esters is 1. The van der Waals surface area contributed by atoms with Crippen molar-refractivity contribution in [2.24, 2.45) is 0 Å². The SMILES string of the molecule is CCOC(=O)C(Cc1ccccc1)NC(=O)c1ccc(C)c(NC(=O)c2ccccc2F)c1. The van der Waals surface area contributed by atoms with Crippen molar-refractivity contribution in [1.29, 1.82) is 0 Å². The van der Waals surface area contributed by atoms with Crippen molar-refractivity contribution in [3.05, 3.63) is 101 Å². The molecule has 0 saturated carbocycles. The van der Waals surface area contributed by atoms with E-state index in [4.69, 9.17) is 4.74 Å². The third-order valence-electron chi connectivity index (χ3n) is 5.03. The molecule has 0 spiro atoms. The summed E-state index contributed by atoms with van der Waals surface area (Å²) in [5, 5.41) is 5.37. The monoisotopic (exact) mass is 448 g/mol. The van der Waals surface area contributed by atoms with Crippen molar-refractivity contribution in [3.63, 3.8) is 0 Å². The molecule has 1 unspecified atom stereocenters. The van der Waals surface area contributed by atoms with Crippen LogP contribution in [0.25, 0.3) is 0 Å². The molecule has 0 aromatic heterocycles. The van der Waals surface area contributed by atoms with E-state index in [-0.39, 0.29) is 24.2 Å². The van der Waals surface area contributed by atoms with E-state index in [0.717, 1.165) is 5.56 Å². The van der Waals surface area contributed by atoms with Gasteiger partial charge in [-0.15, -0.1) is 0 Å². The summed E-state index contributed by atoms with van der Waals surface area (Å²) in [4.78, 5) is 37.9. The zero-order valence-corrected chi connectivity index (χ0v) is 18.4. The lowest BCUT2D eigenvalue weighted by atomic mass is 10.0. The third-order valence-corrected chi connectivity index (χ3v) is 5.03. The number of hydrogen-bond donors (Lipinski definition) is 2. The van der Waals surface area contributed by atoms with Gasteiger partial charge in [0.05, 0.1) is 12.2 Å². The number of halogens is 1. The van der Waals surface area contributed by atoms with E-state index in [2.05, 4.69) is 10.6 Å². The number of amides is 2. The average Bonchev–Trinajstić information content (AvgIpc) is 2.81. The van der Waals surface area contributed by atoms with Gasteiger partial charge >= 0.3 is 5.97 Å². The Morgan fingerprint density at radius 3 is 2.33 bits per heavy atom. The summed E-state index contributed by atoms with van der Waals surface area (Å²) in [6.45, 7) is 3.65. The first kappa shape index (κ1) is 23.7. The Balaban J connectivity index is 1.78. The molecule has 7 heteroatoms. The smallest absolute Gasteiger partial charge is 0.328 e. The van der Waals surface area contributed by atoms with Gasteiger partial charge < -0.3 is 15.4 Å². The summed E-state index contributed by atoms with van der Waals surface area (Å²) >= 11 is 0. The molecule has 170 valence electrons. The molecule has 6 nitrogen and oxygen atoms in total. The average molecular weight is 448 g/mol. The fourth-order valence-electron chi connectivity index (χ4n) is 3.26. The Hall–Kier alpha value is -4.00. The van der Waals surface area contributed by atoms with Crippen molar-refractivity contribution in [1.82, 2.24) is 5.32 Å². The van der Waals surface area contributed by atoms with Gasteiger partial charge in [-0.25, -0.2) is 9.18 Å². The van der Waals surface area contributed by atoms with Gasteiger partial charge in [-0.3, -0.25) is 9.59 Å². The maximum Gasteiger partial charge on any atom is 0.328 e. The molecule has 0 heterocycles. The van der Waals surface area contributed by atoms with E-state index < -0.39 is 29.6 Å². The topological polar surface area (TPSA) is 84.5 Å². The minimum absolute atomic E-state index is 0.100. The van der Waals surface area contributed by atoms with Crippen LogP contribution in [0.15, 0.2) is 72.8 Å². The summed E-state index contributed by atoms with van der Waals surface area (Å²) in [7, 11) is 0. The Kier molecular flexibility index (Phi) is 7.91. The van der Waals surface area contributed by atoms with Crippen LogP contribution in [0.4, 0.5) is 10.1 Å². The van der Waals surface area contributed by atoms with Crippen LogP contribution in [0.5, 0.6) is 0 Å². The maximum absolute atomic E-state index is 13.9. The van der Waals surface area contributed by atoms with E-state index in [1.165, 1.54) is 24.3 Å². The van der Waals surface area contributed by atoms with Gasteiger partial charge in [0.2, 0.25) is 0 Å². The second kappa shape index (κ2) is 11.0. The number of benzene rings is 3. The van der Waals surface area contributed by atoms with E-state index in [1.807, 2.05) is 30.3 Å². The molecule has 2 amide bonds. The number of hydrogen-bond acceptors (Lipinski definition) is 4. The van der Waals surface area contributed by atoms with Gasteiger partial charge in [0.15, 0.2) is 0 Å². The van der Waals surface area contributed by atoms with Crippen LogP contribution in [0.1, 0.15) is 38.8 Å². The third kappa shape index (κ3) is 6.26. The van der Waals surface area contributed by atoms with E-state index >= 15 is 0 Å². The number of carbonyl (C=O) groups is 3. The van der Waals surface area contributed by atoms with Crippen LogP contribution in [-0.4, -0.2) is 30.4 Å². The summed E-state index contributed by atoms with van der Waals surface area (Å²) in [5.74, 6) is -2.29. The summed E-state index contributed by atoms with van der Waals surface area (Å²) in [6.07, 6.45) is 0.272. The van der Waals surface area contributed by atoms with Crippen LogP contribution >= 0.6 is 0 Å². The van der Waals surface area contributed by atoms with E-state index in [9.17, 15) is 18.8 Å². The number of anilines is 1. The first-order valence-corrected chi connectivity index (χ1v) is 10.6. The van der Waals surface area contributed by atoms with Gasteiger partial charge in [0.25, 0.3) is 11.8 Å². The predicted molar refractivity (Wildman–Crippen MR) is 124 cm³/mol. The lowest BCUT2D eigenvalue weighted by Crippen LogP contribution is -2.43. The van der Waals surface area contributed by atoms with Crippen LogP contribution in [0, 0.1) is 12.7 Å². The first-order chi connectivity index (χ1) is 15.9. The molecule has 0 fully saturated rings. The van der Waals surface area contributed by atoms with Gasteiger partial charge in [0.1, 0.15) is 11.9 Å². The first-order valence-electron chi connectivity index (χ1n) is 10.6. The van der Waals surface area contributed by atoms with Crippen molar-refractivity contribution in [3.8, 4) is 0 Å².